The Morgan fingerprint density at radius 2 is 1.74 bits per heavy atom. The first kappa shape index (κ1) is 15.4. The monoisotopic (exact) mass is 355 g/mol. The molecule has 4 aromatic rings. The van der Waals surface area contributed by atoms with E-state index in [9.17, 15) is 9.59 Å². The minimum absolute atomic E-state index is 0.219. The number of benzene rings is 1. The third kappa shape index (κ3) is 2.32. The maximum Gasteiger partial charge on any atom is 0.263 e. The molecule has 0 unspecified atom stereocenters. The summed E-state index contributed by atoms with van der Waals surface area (Å²) in [6.45, 7) is 0.219. The van der Waals surface area contributed by atoms with Crippen LogP contribution in [-0.4, -0.2) is 36.9 Å². The second-order valence-electron chi connectivity index (χ2n) is 6.26. The molecule has 7 heteroatoms. The molecule has 27 heavy (non-hydrogen) atoms. The topological polar surface area (TPSA) is 91.8 Å². The van der Waals surface area contributed by atoms with Gasteiger partial charge in [0, 0.05) is 24.2 Å². The van der Waals surface area contributed by atoms with Crippen molar-refractivity contribution in [3.63, 3.8) is 0 Å². The Kier molecular flexibility index (Phi) is 3.33. The lowest BCUT2D eigenvalue weighted by Gasteiger charge is -2.13. The van der Waals surface area contributed by atoms with Gasteiger partial charge in [-0.15, -0.1) is 0 Å². The maximum absolute atomic E-state index is 13.1. The normalized spacial score (nSPS) is 13.4. The summed E-state index contributed by atoms with van der Waals surface area (Å²) in [6, 6.07) is 13.1. The molecule has 0 radical (unpaired) electrons. The van der Waals surface area contributed by atoms with E-state index in [1.807, 2.05) is 42.5 Å². The molecule has 1 aromatic carbocycles. The van der Waals surface area contributed by atoms with Gasteiger partial charge in [0.15, 0.2) is 5.65 Å². The van der Waals surface area contributed by atoms with E-state index in [1.165, 1.54) is 11.1 Å². The van der Waals surface area contributed by atoms with E-state index in [0.717, 1.165) is 11.1 Å². The lowest BCUT2D eigenvalue weighted by atomic mass is 10.0. The molecule has 0 aliphatic carbocycles. The molecule has 0 bridgehead atoms. The van der Waals surface area contributed by atoms with Crippen molar-refractivity contribution in [2.75, 3.05) is 0 Å². The molecule has 7 nitrogen and oxygen atoms in total. The van der Waals surface area contributed by atoms with Crippen molar-refractivity contribution in [1.29, 1.82) is 0 Å². The summed E-state index contributed by atoms with van der Waals surface area (Å²) in [5.74, 6) is -0.668. The van der Waals surface area contributed by atoms with E-state index in [1.54, 1.807) is 12.4 Å². The van der Waals surface area contributed by atoms with Crippen molar-refractivity contribution in [2.45, 2.75) is 6.54 Å². The molecule has 0 atom stereocenters. The molecule has 1 aliphatic heterocycles. The summed E-state index contributed by atoms with van der Waals surface area (Å²) in [7, 11) is 0. The van der Waals surface area contributed by atoms with Gasteiger partial charge in [0.2, 0.25) is 0 Å². The van der Waals surface area contributed by atoms with E-state index >= 15 is 0 Å². The summed E-state index contributed by atoms with van der Waals surface area (Å²) < 4.78 is 0. The van der Waals surface area contributed by atoms with Crippen LogP contribution in [0.5, 0.6) is 0 Å². The van der Waals surface area contributed by atoms with Crippen LogP contribution in [0.15, 0.2) is 61.1 Å². The number of pyridine rings is 2. The van der Waals surface area contributed by atoms with E-state index in [-0.39, 0.29) is 18.4 Å². The van der Waals surface area contributed by atoms with Crippen molar-refractivity contribution < 1.29 is 9.59 Å². The number of hydrogen-bond donors (Lipinski definition) is 1. The summed E-state index contributed by atoms with van der Waals surface area (Å²) in [5, 5.41) is 7.70. The number of aromatic amines is 1. The summed E-state index contributed by atoms with van der Waals surface area (Å²) in [5.41, 5.74) is 3.42. The zero-order chi connectivity index (χ0) is 18.4. The fourth-order valence-corrected chi connectivity index (χ4v) is 3.38. The zero-order valence-corrected chi connectivity index (χ0v) is 14.1. The van der Waals surface area contributed by atoms with Gasteiger partial charge in [-0.1, -0.05) is 30.3 Å². The van der Waals surface area contributed by atoms with Crippen LogP contribution in [0, 0.1) is 0 Å². The summed E-state index contributed by atoms with van der Waals surface area (Å²) in [6.07, 6.45) is 4.75. The molecule has 0 spiro atoms. The van der Waals surface area contributed by atoms with Crippen molar-refractivity contribution in [3.8, 4) is 11.3 Å². The fraction of sp³-hybridized carbons (Fsp3) is 0.0500. The maximum atomic E-state index is 13.1. The van der Waals surface area contributed by atoms with Crippen LogP contribution < -0.4 is 0 Å². The molecular formula is C20H13N5O2. The lowest BCUT2D eigenvalue weighted by molar-refractivity contribution is 0.0643. The Hall–Kier alpha value is -3.87. The number of carbonyl (C=O) groups excluding carboxylic acids is 2. The zero-order valence-electron chi connectivity index (χ0n) is 14.1. The molecule has 1 aliphatic rings. The third-order valence-electron chi connectivity index (χ3n) is 4.67. The average molecular weight is 355 g/mol. The number of aromatic nitrogens is 4. The largest absolute Gasteiger partial charge is 0.275 e. The first-order valence-electron chi connectivity index (χ1n) is 8.41. The van der Waals surface area contributed by atoms with Gasteiger partial charge >= 0.3 is 0 Å². The first-order valence-corrected chi connectivity index (χ1v) is 8.41. The molecule has 3 aromatic heterocycles. The van der Waals surface area contributed by atoms with Crippen molar-refractivity contribution in [3.05, 3.63) is 77.7 Å². The predicted octanol–water partition coefficient (Wildman–Crippen LogP) is 2.82. The SMILES string of the molecule is O=C1c2cnc3n[nH]c(-c4ccncc4)c3c2C(=O)N1Cc1ccccc1. The van der Waals surface area contributed by atoms with Gasteiger partial charge in [0.05, 0.1) is 28.8 Å². The number of amides is 2. The minimum Gasteiger partial charge on any atom is -0.275 e. The number of fused-ring (bicyclic) bond motifs is 3. The van der Waals surface area contributed by atoms with Crippen molar-refractivity contribution in [1.82, 2.24) is 25.1 Å². The van der Waals surface area contributed by atoms with Crippen LogP contribution in [0.4, 0.5) is 0 Å². The molecule has 0 fully saturated rings. The molecule has 1 N–H and O–H groups in total. The number of carbonyl (C=O) groups is 2. The van der Waals surface area contributed by atoms with E-state index < -0.39 is 0 Å². The van der Waals surface area contributed by atoms with E-state index in [0.29, 0.717) is 27.9 Å². The van der Waals surface area contributed by atoms with E-state index in [4.69, 9.17) is 0 Å². The van der Waals surface area contributed by atoms with Crippen molar-refractivity contribution >= 4 is 22.8 Å². The molecule has 2 amide bonds. The lowest BCUT2D eigenvalue weighted by Crippen LogP contribution is -2.29. The van der Waals surface area contributed by atoms with Gasteiger partial charge in [-0.25, -0.2) is 4.98 Å². The Morgan fingerprint density at radius 1 is 0.963 bits per heavy atom. The van der Waals surface area contributed by atoms with E-state index in [2.05, 4.69) is 20.2 Å². The Labute approximate surface area is 153 Å². The highest BCUT2D eigenvalue weighted by atomic mass is 16.2. The smallest absolute Gasteiger partial charge is 0.263 e. The second-order valence-corrected chi connectivity index (χ2v) is 6.26. The van der Waals surface area contributed by atoms with Gasteiger partial charge in [-0.3, -0.25) is 24.6 Å². The quantitative estimate of drug-likeness (QED) is 0.571. The number of nitrogens with zero attached hydrogens (tertiary/aromatic N) is 4. The highest BCUT2D eigenvalue weighted by Gasteiger charge is 2.38. The number of H-pyrrole nitrogens is 1. The number of rotatable bonds is 3. The molecule has 4 heterocycles. The van der Waals surface area contributed by atoms with Crippen LogP contribution in [-0.2, 0) is 6.54 Å². The minimum atomic E-state index is -0.338. The first-order chi connectivity index (χ1) is 13.2. The average Bonchev–Trinajstić information content (AvgIpc) is 3.24. The van der Waals surface area contributed by atoms with Gasteiger partial charge in [0.25, 0.3) is 11.8 Å². The third-order valence-corrected chi connectivity index (χ3v) is 4.67. The second kappa shape index (κ2) is 5.84. The number of hydrogen-bond acceptors (Lipinski definition) is 5. The van der Waals surface area contributed by atoms with Crippen LogP contribution in [0.2, 0.25) is 0 Å². The molecule has 5 rings (SSSR count). The fourth-order valence-electron chi connectivity index (χ4n) is 3.38. The van der Waals surface area contributed by atoms with Gasteiger partial charge < -0.3 is 0 Å². The van der Waals surface area contributed by atoms with Crippen LogP contribution >= 0.6 is 0 Å². The van der Waals surface area contributed by atoms with Crippen LogP contribution in [0.25, 0.3) is 22.3 Å². The Balaban J connectivity index is 1.66. The molecule has 0 saturated heterocycles. The summed E-state index contributed by atoms with van der Waals surface area (Å²) >= 11 is 0. The van der Waals surface area contributed by atoms with Gasteiger partial charge in [-0.2, -0.15) is 5.10 Å². The van der Waals surface area contributed by atoms with Crippen LogP contribution in [0.1, 0.15) is 26.3 Å². The Morgan fingerprint density at radius 3 is 2.52 bits per heavy atom. The number of imide groups is 1. The highest BCUT2D eigenvalue weighted by molar-refractivity contribution is 6.27. The van der Waals surface area contributed by atoms with Crippen LogP contribution in [0.3, 0.4) is 0 Å². The van der Waals surface area contributed by atoms with Gasteiger partial charge in [0.1, 0.15) is 0 Å². The molecular weight excluding hydrogens is 342 g/mol. The molecule has 130 valence electrons. The standard InChI is InChI=1S/C20H13N5O2/c26-19-14-10-22-18-16(17(23-24-18)13-6-8-21-9-7-13)15(14)20(27)25(19)11-12-4-2-1-3-5-12/h1-10H,11H2,(H,22,23,24). The predicted molar refractivity (Wildman–Crippen MR) is 97.8 cm³/mol. The van der Waals surface area contributed by atoms with Gasteiger partial charge in [-0.05, 0) is 17.7 Å². The number of nitrogens with one attached hydrogen (secondary N) is 1. The highest BCUT2D eigenvalue weighted by Crippen LogP contribution is 2.34. The Bertz CT molecular complexity index is 1190. The summed E-state index contributed by atoms with van der Waals surface area (Å²) in [4.78, 5) is 35.5. The van der Waals surface area contributed by atoms with Crippen molar-refractivity contribution in [2.24, 2.45) is 0 Å². The molecule has 0 saturated carbocycles.